The molecule has 26 heavy (non-hydrogen) atoms. The zero-order valence-corrected chi connectivity index (χ0v) is 14.9. The van der Waals surface area contributed by atoms with Gasteiger partial charge in [-0.05, 0) is 42.2 Å². The van der Waals surface area contributed by atoms with Crippen molar-refractivity contribution in [1.82, 2.24) is 4.98 Å². The van der Waals surface area contributed by atoms with Gasteiger partial charge in [0.25, 0.3) is 0 Å². The van der Waals surface area contributed by atoms with Crippen LogP contribution in [-0.4, -0.2) is 20.9 Å². The standard InChI is InChI=1S/C12H10O.C10H9NO.Al/c13-12-8-6-11(7-9-12)10-4-2-1-3-5-10;1-7-5-6-8-3-2-4-9(12)10(8)11-7;/h1-9,13H;2-6,12H,1H3;/q;;+2/p-2/i;1D3,3D,4D;. The van der Waals surface area contributed by atoms with Crippen LogP contribution in [0.2, 0.25) is 0 Å². The van der Waals surface area contributed by atoms with E-state index in [1.807, 2.05) is 54.6 Å². The average molecular weight is 359 g/mol. The summed E-state index contributed by atoms with van der Waals surface area (Å²) in [5, 5.41) is 0.422. The zero-order chi connectivity index (χ0) is 22.0. The number of aryl methyl sites for hydroxylation is 1. The lowest BCUT2D eigenvalue weighted by Gasteiger charge is -2.11. The second-order valence-electron chi connectivity index (χ2n) is 5.58. The Hall–Kier alpha value is -2.80. The van der Waals surface area contributed by atoms with Crippen molar-refractivity contribution in [3.8, 4) is 22.6 Å². The molecule has 0 aliphatic carbocycles. The van der Waals surface area contributed by atoms with Crippen LogP contribution in [0, 0.1) is 6.85 Å². The number of hydrogen-bond donors (Lipinski definition) is 0. The number of fused-ring (bicyclic) bond motifs is 1. The van der Waals surface area contributed by atoms with Crippen LogP contribution in [-0.2, 0) is 0 Å². The number of hydrogen-bond acceptors (Lipinski definition) is 3. The van der Waals surface area contributed by atoms with Gasteiger partial charge in [-0.25, -0.2) is 4.98 Å². The van der Waals surface area contributed by atoms with Crippen molar-refractivity contribution in [2.45, 2.75) is 6.85 Å². The number of rotatable bonds is 5. The molecule has 1 aromatic heterocycles. The highest BCUT2D eigenvalue weighted by Crippen LogP contribution is 2.25. The van der Waals surface area contributed by atoms with Crippen LogP contribution < -0.4 is 7.58 Å². The van der Waals surface area contributed by atoms with Gasteiger partial charge in [-0.2, -0.15) is 0 Å². The highest BCUT2D eigenvalue weighted by atomic mass is 27.2. The minimum atomic E-state index is -2.39. The molecule has 0 aliphatic rings. The monoisotopic (exact) mass is 359 g/mol. The molecule has 4 rings (SSSR count). The Bertz CT molecular complexity index is 1210. The van der Waals surface area contributed by atoms with Crippen molar-refractivity contribution in [2.75, 3.05) is 0 Å². The van der Waals surface area contributed by atoms with Gasteiger partial charge in [0.15, 0.2) is 0 Å². The Labute approximate surface area is 166 Å². The van der Waals surface area contributed by atoms with Crippen LogP contribution in [0.4, 0.5) is 0 Å². The highest BCUT2D eigenvalue weighted by Gasteiger charge is 2.10. The SMILES string of the molecule is [2H]c1cc([2H])c2ccc(C([2H])([2H])[2H])nc2c1[O][Al][O]c1ccc(-c2ccccc2)cc1. The van der Waals surface area contributed by atoms with Crippen molar-refractivity contribution in [3.05, 3.63) is 90.6 Å². The molecular formula is C22H17AlNO2. The van der Waals surface area contributed by atoms with Gasteiger partial charge in [-0.3, -0.25) is 0 Å². The third kappa shape index (κ3) is 3.72. The second-order valence-corrected chi connectivity index (χ2v) is 6.24. The Balaban J connectivity index is 1.53. The summed E-state index contributed by atoms with van der Waals surface area (Å²) in [5.41, 5.74) is 2.24. The zero-order valence-electron chi connectivity index (χ0n) is 18.8. The van der Waals surface area contributed by atoms with Gasteiger partial charge in [0.2, 0.25) is 0 Å². The Morgan fingerprint density at radius 1 is 0.846 bits per heavy atom. The third-order valence-electron chi connectivity index (χ3n) is 3.85. The number of aromatic nitrogens is 1. The molecular weight excluding hydrogens is 337 g/mol. The quantitative estimate of drug-likeness (QED) is 0.459. The van der Waals surface area contributed by atoms with Crippen molar-refractivity contribution in [3.63, 3.8) is 0 Å². The predicted octanol–water partition coefficient (Wildman–Crippen LogP) is 5.20. The first kappa shape index (κ1) is 11.7. The van der Waals surface area contributed by atoms with Gasteiger partial charge in [-0.1, -0.05) is 60.6 Å². The number of nitrogens with zero attached hydrogens (tertiary/aromatic N) is 1. The topological polar surface area (TPSA) is 31.4 Å². The van der Waals surface area contributed by atoms with E-state index in [1.54, 1.807) is 0 Å². The molecule has 4 aromatic rings. The summed E-state index contributed by atoms with van der Waals surface area (Å²) in [6.07, 6.45) is 0. The summed E-state index contributed by atoms with van der Waals surface area (Å²) >= 11 is -1.03. The fraction of sp³-hybridized carbons (Fsp3) is 0.0455. The van der Waals surface area contributed by atoms with Crippen molar-refractivity contribution >= 4 is 26.8 Å². The summed E-state index contributed by atoms with van der Waals surface area (Å²) < 4.78 is 50.4. The smallest absolute Gasteiger partial charge is 0.616 e. The van der Waals surface area contributed by atoms with Crippen LogP contribution in [0.15, 0.2) is 84.9 Å². The lowest BCUT2D eigenvalue weighted by Crippen LogP contribution is -2.11. The lowest BCUT2D eigenvalue weighted by molar-refractivity contribution is 0.461. The van der Waals surface area contributed by atoms with E-state index in [-0.39, 0.29) is 29.0 Å². The molecule has 0 unspecified atom stereocenters. The van der Waals surface area contributed by atoms with Gasteiger partial charge in [0.1, 0.15) is 11.3 Å². The fourth-order valence-corrected chi connectivity index (χ4v) is 3.16. The molecule has 1 radical (unpaired) electrons. The molecule has 3 nitrogen and oxygen atoms in total. The van der Waals surface area contributed by atoms with Crippen molar-refractivity contribution < 1.29 is 14.4 Å². The number of pyridine rings is 1. The Kier molecular flexibility index (Phi) is 3.44. The molecule has 0 amide bonds. The van der Waals surface area contributed by atoms with E-state index in [0.29, 0.717) is 11.1 Å². The van der Waals surface area contributed by atoms with Gasteiger partial charge in [0, 0.05) is 15.2 Å². The summed E-state index contributed by atoms with van der Waals surface area (Å²) in [6.45, 7) is -2.39. The molecule has 0 atom stereocenters. The summed E-state index contributed by atoms with van der Waals surface area (Å²) in [4.78, 5) is 4.17. The van der Waals surface area contributed by atoms with E-state index in [1.165, 1.54) is 18.2 Å². The number of benzene rings is 3. The molecule has 0 N–H and O–H groups in total. The van der Waals surface area contributed by atoms with Crippen LogP contribution in [0.3, 0.4) is 0 Å². The maximum absolute atomic E-state index is 8.16. The summed E-state index contributed by atoms with van der Waals surface area (Å²) in [7, 11) is 0. The van der Waals surface area contributed by atoms with Gasteiger partial charge < -0.3 is 7.58 Å². The van der Waals surface area contributed by atoms with E-state index >= 15 is 0 Å². The first-order valence-electron chi connectivity index (χ1n) is 10.5. The van der Waals surface area contributed by atoms with E-state index in [2.05, 4.69) is 4.98 Å². The number of para-hydroxylation sites is 1. The molecule has 0 saturated carbocycles. The van der Waals surface area contributed by atoms with Crippen LogP contribution in [0.1, 0.15) is 12.5 Å². The van der Waals surface area contributed by atoms with E-state index in [9.17, 15) is 0 Å². The van der Waals surface area contributed by atoms with Gasteiger partial charge in [-0.15, -0.1) is 0 Å². The predicted molar refractivity (Wildman–Crippen MR) is 105 cm³/mol. The Morgan fingerprint density at radius 3 is 2.46 bits per heavy atom. The molecule has 0 aliphatic heterocycles. The molecule has 125 valence electrons. The second kappa shape index (κ2) is 7.62. The van der Waals surface area contributed by atoms with Crippen LogP contribution >= 0.6 is 0 Å². The molecule has 0 bridgehead atoms. The first-order chi connectivity index (χ1) is 14.8. The van der Waals surface area contributed by atoms with Gasteiger partial charge in [0.05, 0.1) is 8.49 Å². The molecule has 0 saturated heterocycles. The highest BCUT2D eigenvalue weighted by molar-refractivity contribution is 6.21. The van der Waals surface area contributed by atoms with Crippen LogP contribution in [0.5, 0.6) is 11.5 Å². The molecule has 0 fully saturated rings. The summed E-state index contributed by atoms with van der Waals surface area (Å²) in [5.74, 6) is 0.742. The lowest BCUT2D eigenvalue weighted by atomic mass is 10.1. The first-order valence-corrected chi connectivity index (χ1v) is 8.99. The summed E-state index contributed by atoms with van der Waals surface area (Å²) in [6, 6.07) is 21.9. The molecule has 0 spiro atoms. The maximum atomic E-state index is 8.16. The Morgan fingerprint density at radius 2 is 1.65 bits per heavy atom. The van der Waals surface area contributed by atoms with Crippen molar-refractivity contribution in [1.29, 1.82) is 0 Å². The maximum Gasteiger partial charge on any atom is 0.881 e. The van der Waals surface area contributed by atoms with Crippen molar-refractivity contribution in [2.24, 2.45) is 0 Å². The fourth-order valence-electron chi connectivity index (χ4n) is 2.57. The van der Waals surface area contributed by atoms with Crippen LogP contribution in [0.25, 0.3) is 22.0 Å². The van der Waals surface area contributed by atoms with E-state index in [0.717, 1.165) is 11.1 Å². The largest absolute Gasteiger partial charge is 0.881 e. The third-order valence-corrected chi connectivity index (χ3v) is 4.55. The normalized spacial score (nSPS) is 13.8. The molecule has 3 aromatic carbocycles. The molecule has 1 heterocycles. The van der Waals surface area contributed by atoms with Gasteiger partial charge >= 0.3 is 15.9 Å². The average Bonchev–Trinajstić information content (AvgIpc) is 2.76. The molecule has 4 heteroatoms. The minimum Gasteiger partial charge on any atom is -0.616 e. The van der Waals surface area contributed by atoms with E-state index < -0.39 is 22.7 Å². The minimum absolute atomic E-state index is 0.0387. The van der Waals surface area contributed by atoms with E-state index in [4.69, 9.17) is 14.4 Å².